The van der Waals surface area contributed by atoms with Crippen molar-refractivity contribution in [3.63, 3.8) is 0 Å². The largest absolute Gasteiger partial charge is 0.483 e. The van der Waals surface area contributed by atoms with Crippen molar-refractivity contribution in [3.05, 3.63) is 72.1 Å². The van der Waals surface area contributed by atoms with E-state index in [0.29, 0.717) is 17.5 Å². The van der Waals surface area contributed by atoms with Gasteiger partial charge in [0.2, 0.25) is 5.91 Å². The maximum atomic E-state index is 12.1. The lowest BCUT2D eigenvalue weighted by atomic mass is 10.1. The van der Waals surface area contributed by atoms with Crippen LogP contribution in [0.2, 0.25) is 0 Å². The summed E-state index contributed by atoms with van der Waals surface area (Å²) in [5, 5.41) is 12.1. The Morgan fingerprint density at radius 3 is 2.50 bits per heavy atom. The molecule has 1 heterocycles. The minimum atomic E-state index is -0.242. The van der Waals surface area contributed by atoms with E-state index in [0.717, 1.165) is 18.0 Å². The number of nitrogens with one attached hydrogen (secondary N) is 1. The summed E-state index contributed by atoms with van der Waals surface area (Å²) in [4.78, 5) is 12.1. The molecule has 0 unspecified atom stereocenters. The zero-order valence-electron chi connectivity index (χ0n) is 16.0. The van der Waals surface area contributed by atoms with Gasteiger partial charge in [-0.05, 0) is 31.0 Å². The number of hydrogen-bond donors (Lipinski definition) is 1. The van der Waals surface area contributed by atoms with Gasteiger partial charge in [-0.15, -0.1) is 10.2 Å². The van der Waals surface area contributed by atoms with Crippen LogP contribution in [0.1, 0.15) is 24.4 Å². The molecule has 3 aromatic rings. The number of aromatic nitrogens is 3. The molecule has 0 aliphatic heterocycles. The fourth-order valence-electron chi connectivity index (χ4n) is 2.73. The smallest absolute Gasteiger partial charge is 0.230 e. The van der Waals surface area contributed by atoms with Crippen LogP contribution in [0.5, 0.6) is 5.75 Å². The average molecular weight is 397 g/mol. The first-order valence-electron chi connectivity index (χ1n) is 9.18. The summed E-state index contributed by atoms with van der Waals surface area (Å²) >= 11 is 1.37. The highest BCUT2D eigenvalue weighted by molar-refractivity contribution is 7.99. The molecule has 0 saturated carbocycles. The van der Waals surface area contributed by atoms with Crippen molar-refractivity contribution in [2.45, 2.75) is 24.6 Å². The molecule has 1 amide bonds. The summed E-state index contributed by atoms with van der Waals surface area (Å²) in [5.74, 6) is 1.79. The SMILES string of the molecule is C[C@@H](Oc1ccccc1)c1nnc(SCC(=O)NCCc2ccccc2)n1C. The standard InChI is InChI=1S/C21H24N4O2S/c1-16(27-18-11-7-4-8-12-18)20-23-24-21(25(20)2)28-15-19(26)22-14-13-17-9-5-3-6-10-17/h3-12,16H,13-15H2,1-2H3,(H,22,26)/t16-/m1/s1. The summed E-state index contributed by atoms with van der Waals surface area (Å²) in [6.45, 7) is 2.55. The lowest BCUT2D eigenvalue weighted by molar-refractivity contribution is -0.118. The molecular weight excluding hydrogens is 372 g/mol. The monoisotopic (exact) mass is 396 g/mol. The van der Waals surface area contributed by atoms with E-state index in [1.807, 2.05) is 67.1 Å². The van der Waals surface area contributed by atoms with Crippen LogP contribution in [0.25, 0.3) is 0 Å². The molecule has 0 saturated heterocycles. The number of amides is 1. The van der Waals surface area contributed by atoms with Crippen molar-refractivity contribution in [1.82, 2.24) is 20.1 Å². The van der Waals surface area contributed by atoms with Gasteiger partial charge in [0.05, 0.1) is 5.75 Å². The van der Waals surface area contributed by atoms with Gasteiger partial charge >= 0.3 is 0 Å². The molecule has 0 aliphatic rings. The highest BCUT2D eigenvalue weighted by Crippen LogP contribution is 2.23. The zero-order chi connectivity index (χ0) is 19.8. The van der Waals surface area contributed by atoms with Crippen molar-refractivity contribution < 1.29 is 9.53 Å². The minimum absolute atomic E-state index is 0.0148. The van der Waals surface area contributed by atoms with Gasteiger partial charge in [0.1, 0.15) is 5.75 Å². The van der Waals surface area contributed by atoms with Crippen molar-refractivity contribution in [1.29, 1.82) is 0 Å². The molecule has 1 atom stereocenters. The Hall–Kier alpha value is -2.80. The second-order valence-electron chi connectivity index (χ2n) is 6.35. The Labute approximate surface area is 169 Å². The highest BCUT2D eigenvalue weighted by Gasteiger charge is 2.18. The summed E-state index contributed by atoms with van der Waals surface area (Å²) in [5.41, 5.74) is 1.21. The second kappa shape index (κ2) is 9.94. The molecule has 0 aliphatic carbocycles. The van der Waals surface area contributed by atoms with Crippen LogP contribution in [-0.2, 0) is 18.3 Å². The van der Waals surface area contributed by atoms with Gasteiger partial charge in [0, 0.05) is 13.6 Å². The molecule has 1 N–H and O–H groups in total. The zero-order valence-corrected chi connectivity index (χ0v) is 16.9. The number of para-hydroxylation sites is 1. The molecule has 1 aromatic heterocycles. The fraction of sp³-hybridized carbons (Fsp3) is 0.286. The first kappa shape index (κ1) is 19.9. The molecule has 0 spiro atoms. The van der Waals surface area contributed by atoms with Gasteiger partial charge in [-0.1, -0.05) is 60.3 Å². The van der Waals surface area contributed by atoms with Crippen LogP contribution >= 0.6 is 11.8 Å². The van der Waals surface area contributed by atoms with E-state index in [4.69, 9.17) is 4.74 Å². The molecule has 7 heteroatoms. The van der Waals surface area contributed by atoms with E-state index in [9.17, 15) is 4.79 Å². The van der Waals surface area contributed by atoms with Crippen molar-refractivity contribution in [2.24, 2.45) is 7.05 Å². The van der Waals surface area contributed by atoms with Gasteiger partial charge in [0.25, 0.3) is 0 Å². The van der Waals surface area contributed by atoms with Crippen LogP contribution < -0.4 is 10.1 Å². The van der Waals surface area contributed by atoms with E-state index < -0.39 is 0 Å². The topological polar surface area (TPSA) is 69.0 Å². The van der Waals surface area contributed by atoms with Crippen LogP contribution in [0, 0.1) is 0 Å². The van der Waals surface area contributed by atoms with E-state index >= 15 is 0 Å². The Morgan fingerprint density at radius 1 is 1.11 bits per heavy atom. The third-order valence-electron chi connectivity index (χ3n) is 4.20. The van der Waals surface area contributed by atoms with Gasteiger partial charge in [0.15, 0.2) is 17.1 Å². The van der Waals surface area contributed by atoms with Gasteiger partial charge in [-0.3, -0.25) is 4.79 Å². The number of rotatable bonds is 9. The summed E-state index contributed by atoms with van der Waals surface area (Å²) in [6.07, 6.45) is 0.577. The maximum Gasteiger partial charge on any atom is 0.230 e. The first-order valence-corrected chi connectivity index (χ1v) is 10.2. The Balaban J connectivity index is 1.46. The number of hydrogen-bond acceptors (Lipinski definition) is 5. The van der Waals surface area contributed by atoms with Crippen molar-refractivity contribution in [3.8, 4) is 5.75 Å². The fourth-order valence-corrected chi connectivity index (χ4v) is 3.48. The van der Waals surface area contributed by atoms with Crippen LogP contribution in [0.15, 0.2) is 65.8 Å². The molecule has 6 nitrogen and oxygen atoms in total. The number of nitrogens with zero attached hydrogens (tertiary/aromatic N) is 3. The van der Waals surface area contributed by atoms with E-state index in [1.165, 1.54) is 17.3 Å². The lowest BCUT2D eigenvalue weighted by Crippen LogP contribution is -2.27. The molecule has 28 heavy (non-hydrogen) atoms. The second-order valence-corrected chi connectivity index (χ2v) is 7.29. The number of ether oxygens (including phenoxy) is 1. The molecule has 2 aromatic carbocycles. The third kappa shape index (κ3) is 5.60. The number of carbonyl (C=O) groups excluding carboxylic acids is 1. The quantitative estimate of drug-likeness (QED) is 0.562. The number of benzene rings is 2. The summed E-state index contributed by atoms with van der Waals surface area (Å²) in [6, 6.07) is 19.7. The van der Waals surface area contributed by atoms with E-state index in [1.54, 1.807) is 0 Å². The van der Waals surface area contributed by atoms with Crippen LogP contribution in [-0.4, -0.2) is 33.0 Å². The predicted molar refractivity (Wildman–Crippen MR) is 110 cm³/mol. The van der Waals surface area contributed by atoms with Gasteiger partial charge in [-0.25, -0.2) is 0 Å². The van der Waals surface area contributed by atoms with Crippen LogP contribution in [0.3, 0.4) is 0 Å². The van der Waals surface area contributed by atoms with E-state index in [-0.39, 0.29) is 12.0 Å². The van der Waals surface area contributed by atoms with Crippen LogP contribution in [0.4, 0.5) is 0 Å². The summed E-state index contributed by atoms with van der Waals surface area (Å²) in [7, 11) is 1.88. The molecular formula is C21H24N4O2S. The third-order valence-corrected chi connectivity index (χ3v) is 5.22. The van der Waals surface area contributed by atoms with Gasteiger partial charge < -0.3 is 14.6 Å². The molecule has 146 valence electrons. The minimum Gasteiger partial charge on any atom is -0.483 e. The number of carbonyl (C=O) groups is 1. The molecule has 0 fully saturated rings. The summed E-state index contributed by atoms with van der Waals surface area (Å²) < 4.78 is 7.77. The van der Waals surface area contributed by atoms with Crippen molar-refractivity contribution in [2.75, 3.05) is 12.3 Å². The lowest BCUT2D eigenvalue weighted by Gasteiger charge is -2.14. The number of thioether (sulfide) groups is 1. The van der Waals surface area contributed by atoms with Crippen molar-refractivity contribution >= 4 is 17.7 Å². The van der Waals surface area contributed by atoms with Gasteiger partial charge in [-0.2, -0.15) is 0 Å². The Kier molecular flexibility index (Phi) is 7.08. The first-order chi connectivity index (χ1) is 13.6. The molecule has 0 bridgehead atoms. The van der Waals surface area contributed by atoms with E-state index in [2.05, 4.69) is 27.6 Å². The molecule has 3 rings (SSSR count). The Bertz CT molecular complexity index is 884. The maximum absolute atomic E-state index is 12.1. The Morgan fingerprint density at radius 2 is 1.79 bits per heavy atom. The average Bonchev–Trinajstić information content (AvgIpc) is 3.08. The molecule has 0 radical (unpaired) electrons. The highest BCUT2D eigenvalue weighted by atomic mass is 32.2. The normalized spacial score (nSPS) is 11.8. The predicted octanol–water partition coefficient (Wildman–Crippen LogP) is 3.41.